The molecule has 1 N–H and O–H groups in total. The van der Waals surface area contributed by atoms with Crippen LogP contribution >= 0.6 is 0 Å². The second-order valence-corrected chi connectivity index (χ2v) is 6.15. The van der Waals surface area contributed by atoms with Gasteiger partial charge in [-0.15, -0.1) is 0 Å². The summed E-state index contributed by atoms with van der Waals surface area (Å²) in [4.78, 5) is 26.6. The van der Waals surface area contributed by atoms with Crippen molar-refractivity contribution in [3.63, 3.8) is 0 Å². The largest absolute Gasteiger partial charge is 0.364 e. The van der Waals surface area contributed by atoms with Crippen LogP contribution in [0.3, 0.4) is 0 Å². The first-order valence-electron chi connectivity index (χ1n) is 7.95. The molecule has 0 atom stereocenters. The lowest BCUT2D eigenvalue weighted by Gasteiger charge is -2.32. The molecule has 0 spiro atoms. The number of likely N-dealkylation sites (tertiary alicyclic amines) is 1. The van der Waals surface area contributed by atoms with E-state index in [1.807, 2.05) is 16.8 Å². The number of hydrogen-bond donors (Lipinski definition) is 1. The Balaban J connectivity index is 1.55. The van der Waals surface area contributed by atoms with Gasteiger partial charge >= 0.3 is 5.69 Å². The Kier molecular flexibility index (Phi) is 3.49. The third kappa shape index (κ3) is 2.46. The number of fused-ring (bicyclic) bond motifs is 1. The fraction of sp³-hybridized carbons (Fsp3) is 0.438. The third-order valence-corrected chi connectivity index (χ3v) is 4.73. The number of aryl methyl sites for hydroxylation is 1. The second-order valence-electron chi connectivity index (χ2n) is 6.15. The smallest absolute Gasteiger partial charge is 0.330 e. The van der Waals surface area contributed by atoms with E-state index in [-0.39, 0.29) is 11.7 Å². The van der Waals surface area contributed by atoms with E-state index < -0.39 is 0 Å². The molecule has 0 unspecified atom stereocenters. The van der Waals surface area contributed by atoms with Gasteiger partial charge in [0, 0.05) is 44.6 Å². The SMILES string of the molecule is Cn1c(=O)n(C2CCN(Cc3ccc[nH]3)CC2)c2ncncc21. The molecular weight excluding hydrogens is 292 g/mol. The second kappa shape index (κ2) is 5.66. The lowest BCUT2D eigenvalue weighted by molar-refractivity contribution is 0.178. The predicted molar refractivity (Wildman–Crippen MR) is 87.1 cm³/mol. The van der Waals surface area contributed by atoms with Gasteiger partial charge in [0.15, 0.2) is 5.65 Å². The average molecular weight is 312 g/mol. The topological polar surface area (TPSA) is 71.7 Å². The number of imidazole rings is 1. The minimum absolute atomic E-state index is 0.00307. The quantitative estimate of drug-likeness (QED) is 0.791. The minimum atomic E-state index is 0.00307. The van der Waals surface area contributed by atoms with Crippen LogP contribution in [0.1, 0.15) is 24.6 Å². The molecule has 0 amide bonds. The van der Waals surface area contributed by atoms with Gasteiger partial charge in [0.1, 0.15) is 11.8 Å². The van der Waals surface area contributed by atoms with Crippen LogP contribution in [0.25, 0.3) is 11.2 Å². The Labute approximate surface area is 133 Å². The molecule has 0 bridgehead atoms. The molecule has 1 saturated heterocycles. The minimum Gasteiger partial charge on any atom is -0.364 e. The van der Waals surface area contributed by atoms with E-state index in [9.17, 15) is 4.79 Å². The van der Waals surface area contributed by atoms with Crippen LogP contribution in [0.2, 0.25) is 0 Å². The van der Waals surface area contributed by atoms with Gasteiger partial charge in [-0.2, -0.15) is 0 Å². The first-order chi connectivity index (χ1) is 11.2. The van der Waals surface area contributed by atoms with Crippen molar-refractivity contribution in [1.29, 1.82) is 0 Å². The van der Waals surface area contributed by atoms with Crippen molar-refractivity contribution in [3.8, 4) is 0 Å². The van der Waals surface area contributed by atoms with Crippen molar-refractivity contribution < 1.29 is 0 Å². The molecule has 23 heavy (non-hydrogen) atoms. The summed E-state index contributed by atoms with van der Waals surface area (Å²) in [5.41, 5.74) is 2.78. The van der Waals surface area contributed by atoms with E-state index in [1.165, 1.54) is 12.0 Å². The molecular formula is C16H20N6O. The maximum atomic E-state index is 12.6. The van der Waals surface area contributed by atoms with Gasteiger partial charge in [0.25, 0.3) is 0 Å². The van der Waals surface area contributed by atoms with Crippen molar-refractivity contribution in [3.05, 3.63) is 47.0 Å². The van der Waals surface area contributed by atoms with Gasteiger partial charge in [-0.1, -0.05) is 0 Å². The highest BCUT2D eigenvalue weighted by atomic mass is 16.1. The van der Waals surface area contributed by atoms with Crippen LogP contribution in [-0.4, -0.2) is 42.1 Å². The lowest BCUT2D eigenvalue weighted by atomic mass is 10.0. The Morgan fingerprint density at radius 2 is 2.17 bits per heavy atom. The molecule has 0 saturated carbocycles. The number of aromatic amines is 1. The van der Waals surface area contributed by atoms with Crippen LogP contribution < -0.4 is 5.69 Å². The van der Waals surface area contributed by atoms with Crippen LogP contribution in [-0.2, 0) is 13.6 Å². The van der Waals surface area contributed by atoms with Crippen LogP contribution in [0.15, 0.2) is 35.6 Å². The van der Waals surface area contributed by atoms with Crippen LogP contribution in [0, 0.1) is 0 Å². The van der Waals surface area contributed by atoms with E-state index in [4.69, 9.17) is 0 Å². The third-order valence-electron chi connectivity index (χ3n) is 4.73. The highest BCUT2D eigenvalue weighted by molar-refractivity contribution is 5.70. The molecule has 4 heterocycles. The highest BCUT2D eigenvalue weighted by Gasteiger charge is 2.25. The molecule has 4 rings (SSSR count). The number of nitrogens with one attached hydrogen (secondary N) is 1. The predicted octanol–water partition coefficient (Wildman–Crippen LogP) is 1.30. The first kappa shape index (κ1) is 14.2. The van der Waals surface area contributed by atoms with Gasteiger partial charge in [-0.25, -0.2) is 14.8 Å². The lowest BCUT2D eigenvalue weighted by Crippen LogP contribution is -2.37. The zero-order chi connectivity index (χ0) is 15.8. The number of aromatic nitrogens is 5. The number of piperidine rings is 1. The Hall–Kier alpha value is -2.41. The van der Waals surface area contributed by atoms with Gasteiger partial charge in [0.05, 0.1) is 6.20 Å². The summed E-state index contributed by atoms with van der Waals surface area (Å²) in [6.07, 6.45) is 7.10. The summed E-state index contributed by atoms with van der Waals surface area (Å²) in [5.74, 6) is 0. The standard InChI is InChI=1S/C16H20N6O/c1-20-14-9-17-11-19-15(14)22(16(20)23)13-4-7-21(8-5-13)10-12-3-2-6-18-12/h2-3,6,9,11,13,18H,4-5,7-8,10H2,1H3. The van der Waals surface area contributed by atoms with Crippen LogP contribution in [0.5, 0.6) is 0 Å². The normalized spacial score (nSPS) is 17.1. The van der Waals surface area contributed by atoms with E-state index in [1.54, 1.807) is 17.8 Å². The zero-order valence-corrected chi connectivity index (χ0v) is 13.1. The van der Waals surface area contributed by atoms with E-state index in [0.717, 1.165) is 43.6 Å². The summed E-state index contributed by atoms with van der Waals surface area (Å²) < 4.78 is 3.49. The summed E-state index contributed by atoms with van der Waals surface area (Å²) >= 11 is 0. The van der Waals surface area contributed by atoms with Gasteiger partial charge < -0.3 is 4.98 Å². The number of hydrogen-bond acceptors (Lipinski definition) is 4. The summed E-state index contributed by atoms with van der Waals surface area (Å²) in [5, 5.41) is 0. The van der Waals surface area contributed by atoms with Crippen LogP contribution in [0.4, 0.5) is 0 Å². The van der Waals surface area contributed by atoms with Gasteiger partial charge in [0.2, 0.25) is 0 Å². The Bertz CT molecular complexity index is 854. The van der Waals surface area contributed by atoms with Crippen molar-refractivity contribution >= 4 is 11.2 Å². The average Bonchev–Trinajstić information content (AvgIpc) is 3.17. The van der Waals surface area contributed by atoms with Crippen molar-refractivity contribution in [2.24, 2.45) is 7.05 Å². The van der Waals surface area contributed by atoms with E-state index in [2.05, 4.69) is 25.9 Å². The number of rotatable bonds is 3. The fourth-order valence-electron chi connectivity index (χ4n) is 3.46. The van der Waals surface area contributed by atoms with E-state index in [0.29, 0.717) is 0 Å². The Morgan fingerprint density at radius 3 is 2.91 bits per heavy atom. The molecule has 120 valence electrons. The molecule has 0 aliphatic carbocycles. The molecule has 7 nitrogen and oxygen atoms in total. The fourth-order valence-corrected chi connectivity index (χ4v) is 3.46. The maximum absolute atomic E-state index is 12.6. The molecule has 7 heteroatoms. The van der Waals surface area contributed by atoms with Gasteiger partial charge in [-0.05, 0) is 25.0 Å². The Morgan fingerprint density at radius 1 is 1.35 bits per heavy atom. The van der Waals surface area contributed by atoms with Crippen molar-refractivity contribution in [2.75, 3.05) is 13.1 Å². The number of H-pyrrole nitrogens is 1. The molecule has 0 radical (unpaired) electrons. The number of nitrogens with zero attached hydrogens (tertiary/aromatic N) is 5. The molecule has 1 aliphatic rings. The molecule has 1 fully saturated rings. The summed E-state index contributed by atoms with van der Waals surface area (Å²) in [6.45, 7) is 2.90. The molecule has 3 aromatic heterocycles. The molecule has 1 aliphatic heterocycles. The van der Waals surface area contributed by atoms with E-state index >= 15 is 0 Å². The molecule has 0 aromatic carbocycles. The zero-order valence-electron chi connectivity index (χ0n) is 13.1. The first-order valence-corrected chi connectivity index (χ1v) is 7.95. The highest BCUT2D eigenvalue weighted by Crippen LogP contribution is 2.25. The monoisotopic (exact) mass is 312 g/mol. The van der Waals surface area contributed by atoms with Crippen molar-refractivity contribution in [2.45, 2.75) is 25.4 Å². The summed E-state index contributed by atoms with van der Waals surface area (Å²) in [6, 6.07) is 4.34. The molecule has 3 aromatic rings. The van der Waals surface area contributed by atoms with Crippen molar-refractivity contribution in [1.82, 2.24) is 29.0 Å². The van der Waals surface area contributed by atoms with Gasteiger partial charge in [-0.3, -0.25) is 14.0 Å². The maximum Gasteiger partial charge on any atom is 0.330 e. The summed E-state index contributed by atoms with van der Waals surface area (Å²) in [7, 11) is 1.78.